The molecule has 1 aliphatic carbocycles. The first-order valence-corrected chi connectivity index (χ1v) is 12.9. The maximum Gasteiger partial charge on any atom is 0.349 e. The zero-order chi connectivity index (χ0) is 21.9. The van der Waals surface area contributed by atoms with Gasteiger partial charge in [0, 0.05) is 48.0 Å². The van der Waals surface area contributed by atoms with E-state index in [2.05, 4.69) is 28.1 Å². The molecule has 1 saturated heterocycles. The molecule has 1 amide bonds. The van der Waals surface area contributed by atoms with Gasteiger partial charge in [0.15, 0.2) is 0 Å². The third-order valence-corrected chi connectivity index (χ3v) is 8.04. The van der Waals surface area contributed by atoms with Crippen LogP contribution in [0.15, 0.2) is 57.7 Å². The fourth-order valence-electron chi connectivity index (χ4n) is 4.50. The zero-order valence-corrected chi connectivity index (χ0v) is 19.5. The second-order valence-electron chi connectivity index (χ2n) is 8.14. The van der Waals surface area contributed by atoms with E-state index in [0.717, 1.165) is 66.6 Å². The number of benzene rings is 1. The summed E-state index contributed by atoms with van der Waals surface area (Å²) in [5, 5.41) is 2.78. The summed E-state index contributed by atoms with van der Waals surface area (Å²) in [6.45, 7) is 3.71. The number of hydrogen-bond donors (Lipinski definition) is 0. The van der Waals surface area contributed by atoms with E-state index in [9.17, 15) is 9.59 Å². The van der Waals surface area contributed by atoms with Crippen LogP contribution < -0.4 is 10.6 Å². The molecule has 3 aromatic rings. The number of piperazine rings is 1. The lowest BCUT2D eigenvalue weighted by molar-refractivity contribution is -0.128. The third-order valence-electron chi connectivity index (χ3n) is 6.18. The molecular weight excluding hydrogens is 440 g/mol. The van der Waals surface area contributed by atoms with Gasteiger partial charge in [-0.05, 0) is 42.8 Å². The lowest BCUT2D eigenvalue weighted by Crippen LogP contribution is -2.49. The van der Waals surface area contributed by atoms with E-state index in [1.807, 2.05) is 39.1 Å². The number of carbonyl (C=O) groups excluding carboxylic acids is 1. The Morgan fingerprint density at radius 1 is 1.03 bits per heavy atom. The van der Waals surface area contributed by atoms with Crippen LogP contribution >= 0.6 is 23.1 Å². The highest BCUT2D eigenvalue weighted by Gasteiger charge is 2.25. The van der Waals surface area contributed by atoms with Gasteiger partial charge in [-0.3, -0.25) is 9.36 Å². The molecule has 2 aliphatic rings. The van der Waals surface area contributed by atoms with Crippen LogP contribution in [0.4, 0.5) is 5.69 Å². The largest absolute Gasteiger partial charge is 0.368 e. The summed E-state index contributed by atoms with van der Waals surface area (Å²) in [6, 6.07) is 14.4. The van der Waals surface area contributed by atoms with Crippen molar-refractivity contribution in [3.8, 4) is 0 Å². The number of fused-ring (bicyclic) bond motifs is 1. The molecule has 5 rings (SSSR count). The number of nitrogens with zero attached hydrogens (tertiary/aromatic N) is 4. The Labute approximate surface area is 195 Å². The molecule has 8 heteroatoms. The normalized spacial score (nSPS) is 15.8. The third kappa shape index (κ3) is 4.47. The molecule has 0 unspecified atom stereocenters. The number of aromatic nitrogens is 2. The Balaban J connectivity index is 1.23. The van der Waals surface area contributed by atoms with E-state index in [4.69, 9.17) is 0 Å². The molecule has 1 fully saturated rings. The highest BCUT2D eigenvalue weighted by atomic mass is 32.2. The molecule has 0 saturated carbocycles. The number of carbonyl (C=O) groups is 1. The lowest BCUT2D eigenvalue weighted by Gasteiger charge is -2.36. The van der Waals surface area contributed by atoms with Crippen LogP contribution in [0.2, 0.25) is 0 Å². The summed E-state index contributed by atoms with van der Waals surface area (Å²) < 4.78 is 1.82. The van der Waals surface area contributed by atoms with E-state index in [-0.39, 0.29) is 11.6 Å². The Bertz CT molecular complexity index is 1140. The van der Waals surface area contributed by atoms with Gasteiger partial charge in [-0.2, -0.15) is 4.98 Å². The number of anilines is 1. The van der Waals surface area contributed by atoms with Crippen molar-refractivity contribution < 1.29 is 4.79 Å². The van der Waals surface area contributed by atoms with E-state index < -0.39 is 0 Å². The minimum Gasteiger partial charge on any atom is -0.368 e. The molecule has 6 nitrogen and oxygen atoms in total. The Kier molecular flexibility index (Phi) is 6.32. The van der Waals surface area contributed by atoms with Gasteiger partial charge < -0.3 is 9.80 Å². The second kappa shape index (κ2) is 9.50. The summed E-state index contributed by atoms with van der Waals surface area (Å²) in [4.78, 5) is 35.4. The topological polar surface area (TPSA) is 58.4 Å². The van der Waals surface area contributed by atoms with Crippen molar-refractivity contribution in [1.29, 1.82) is 0 Å². The molecule has 0 radical (unpaired) electrons. The Morgan fingerprint density at radius 3 is 2.59 bits per heavy atom. The van der Waals surface area contributed by atoms with Crippen molar-refractivity contribution in [3.05, 3.63) is 74.5 Å². The monoisotopic (exact) mass is 466 g/mol. The quantitative estimate of drug-likeness (QED) is 0.412. The zero-order valence-electron chi connectivity index (χ0n) is 17.9. The molecule has 0 N–H and O–H groups in total. The fourth-order valence-corrected chi connectivity index (χ4v) is 6.17. The number of thiophene rings is 1. The molecule has 166 valence electrons. The first-order valence-electron chi connectivity index (χ1n) is 11.0. The Morgan fingerprint density at radius 2 is 1.84 bits per heavy atom. The van der Waals surface area contributed by atoms with Crippen LogP contribution in [0.5, 0.6) is 0 Å². The van der Waals surface area contributed by atoms with Crippen LogP contribution in [-0.4, -0.2) is 52.3 Å². The van der Waals surface area contributed by atoms with Crippen molar-refractivity contribution >= 4 is 34.7 Å². The number of hydrogen-bond acceptors (Lipinski definition) is 6. The first-order chi connectivity index (χ1) is 15.7. The SMILES string of the molecule is O=C(CSc1nc(=O)n(Cc2cccs2)c2c1CCC2)N1CCN(c2ccccc2)CC1. The molecule has 1 aromatic carbocycles. The van der Waals surface area contributed by atoms with Crippen molar-refractivity contribution in [2.75, 3.05) is 36.8 Å². The van der Waals surface area contributed by atoms with Crippen molar-refractivity contribution in [1.82, 2.24) is 14.5 Å². The molecule has 0 bridgehead atoms. The van der Waals surface area contributed by atoms with Gasteiger partial charge in [0.05, 0.1) is 12.3 Å². The van der Waals surface area contributed by atoms with Crippen LogP contribution in [0.25, 0.3) is 0 Å². The van der Waals surface area contributed by atoms with Gasteiger partial charge in [-0.25, -0.2) is 4.79 Å². The van der Waals surface area contributed by atoms with E-state index >= 15 is 0 Å². The molecule has 1 aliphatic heterocycles. The van der Waals surface area contributed by atoms with E-state index in [0.29, 0.717) is 12.3 Å². The predicted molar refractivity (Wildman–Crippen MR) is 130 cm³/mol. The van der Waals surface area contributed by atoms with Gasteiger partial charge in [-0.1, -0.05) is 36.0 Å². The number of rotatable bonds is 6. The van der Waals surface area contributed by atoms with Crippen molar-refractivity contribution in [3.63, 3.8) is 0 Å². The summed E-state index contributed by atoms with van der Waals surface area (Å²) in [5.41, 5.74) is 3.26. The van der Waals surface area contributed by atoms with Crippen molar-refractivity contribution in [2.45, 2.75) is 30.8 Å². The van der Waals surface area contributed by atoms with Crippen molar-refractivity contribution in [2.24, 2.45) is 0 Å². The van der Waals surface area contributed by atoms with E-state index in [1.54, 1.807) is 11.3 Å². The van der Waals surface area contributed by atoms with E-state index in [1.165, 1.54) is 17.4 Å². The number of para-hydroxylation sites is 1. The average Bonchev–Trinajstić information content (AvgIpc) is 3.52. The highest BCUT2D eigenvalue weighted by molar-refractivity contribution is 7.99. The predicted octanol–water partition coefficient (Wildman–Crippen LogP) is 3.28. The van der Waals surface area contributed by atoms with Gasteiger partial charge >= 0.3 is 5.69 Å². The number of thioether (sulfide) groups is 1. The number of amides is 1. The average molecular weight is 467 g/mol. The first kappa shape index (κ1) is 21.3. The van der Waals surface area contributed by atoms with Crippen LogP contribution in [0, 0.1) is 0 Å². The molecular formula is C24H26N4O2S2. The molecule has 0 atom stereocenters. The highest BCUT2D eigenvalue weighted by Crippen LogP contribution is 2.30. The van der Waals surface area contributed by atoms with Crippen LogP contribution in [0.3, 0.4) is 0 Å². The minimum absolute atomic E-state index is 0.124. The summed E-state index contributed by atoms with van der Waals surface area (Å²) in [5.74, 6) is 0.457. The molecule has 32 heavy (non-hydrogen) atoms. The second-order valence-corrected chi connectivity index (χ2v) is 10.1. The standard InChI is InChI=1S/C24H26N4O2S2/c29-22(27-13-11-26(12-14-27)18-6-2-1-3-7-18)17-32-23-20-9-4-10-21(20)28(24(30)25-23)16-19-8-5-15-31-19/h1-3,5-8,15H,4,9-14,16-17H2. The van der Waals surface area contributed by atoms with Gasteiger partial charge in [0.25, 0.3) is 0 Å². The molecule has 2 aromatic heterocycles. The molecule has 3 heterocycles. The smallest absolute Gasteiger partial charge is 0.349 e. The fraction of sp³-hybridized carbons (Fsp3) is 0.375. The maximum atomic E-state index is 12.9. The van der Waals surface area contributed by atoms with Crippen LogP contribution in [0.1, 0.15) is 22.6 Å². The van der Waals surface area contributed by atoms with Gasteiger partial charge in [-0.15, -0.1) is 11.3 Å². The minimum atomic E-state index is -0.203. The maximum absolute atomic E-state index is 12.9. The summed E-state index contributed by atoms with van der Waals surface area (Å²) >= 11 is 3.09. The summed E-state index contributed by atoms with van der Waals surface area (Å²) in [7, 11) is 0. The Hall–Kier alpha value is -2.58. The lowest BCUT2D eigenvalue weighted by atomic mass is 10.2. The molecule has 0 spiro atoms. The van der Waals surface area contributed by atoms with Gasteiger partial charge in [0.2, 0.25) is 5.91 Å². The van der Waals surface area contributed by atoms with Gasteiger partial charge in [0.1, 0.15) is 5.03 Å². The summed E-state index contributed by atoms with van der Waals surface area (Å²) in [6.07, 6.45) is 2.87. The van der Waals surface area contributed by atoms with Crippen LogP contribution in [-0.2, 0) is 24.2 Å².